The second-order valence-electron chi connectivity index (χ2n) is 4.64. The van der Waals surface area contributed by atoms with Gasteiger partial charge in [-0.3, -0.25) is 10.0 Å². The van der Waals surface area contributed by atoms with Gasteiger partial charge in [0.05, 0.1) is 5.56 Å². The van der Waals surface area contributed by atoms with Crippen LogP contribution in [0.15, 0.2) is 12.3 Å². The Labute approximate surface area is 109 Å². The van der Waals surface area contributed by atoms with Crippen molar-refractivity contribution in [1.82, 2.24) is 10.5 Å². The second kappa shape index (κ2) is 5.50. The molecule has 1 aliphatic rings. The van der Waals surface area contributed by atoms with E-state index in [1.165, 1.54) is 11.7 Å². The maximum atomic E-state index is 13.8. The van der Waals surface area contributed by atoms with Crippen molar-refractivity contribution in [3.8, 4) is 0 Å². The molecule has 1 fully saturated rings. The first-order valence-corrected chi connectivity index (χ1v) is 5.97. The molecule has 1 saturated carbocycles. The van der Waals surface area contributed by atoms with Gasteiger partial charge in [0, 0.05) is 25.5 Å². The van der Waals surface area contributed by atoms with Crippen LogP contribution in [-0.2, 0) is 4.74 Å². The molecule has 1 heterocycles. The second-order valence-corrected chi connectivity index (χ2v) is 4.64. The molecule has 0 atom stereocenters. The summed E-state index contributed by atoms with van der Waals surface area (Å²) >= 11 is 0. The van der Waals surface area contributed by atoms with Crippen LogP contribution in [0.5, 0.6) is 0 Å². The molecule has 0 aromatic carbocycles. The number of rotatable bonds is 6. The number of amides is 1. The summed E-state index contributed by atoms with van der Waals surface area (Å²) in [5.41, 5.74) is 1.25. The van der Waals surface area contributed by atoms with Gasteiger partial charge in [-0.1, -0.05) is 0 Å². The van der Waals surface area contributed by atoms with Crippen LogP contribution in [0.25, 0.3) is 0 Å². The Bertz CT molecular complexity index is 477. The summed E-state index contributed by atoms with van der Waals surface area (Å²) in [6.07, 6.45) is 3.87. The number of pyridine rings is 1. The normalized spacial score (nSPS) is 15.9. The first kappa shape index (κ1) is 13.7. The van der Waals surface area contributed by atoms with E-state index in [4.69, 9.17) is 9.94 Å². The van der Waals surface area contributed by atoms with E-state index in [-0.39, 0.29) is 16.9 Å². The Morgan fingerprint density at radius 2 is 2.37 bits per heavy atom. The maximum absolute atomic E-state index is 13.8. The van der Waals surface area contributed by atoms with Gasteiger partial charge in [-0.25, -0.2) is 14.9 Å². The third kappa shape index (κ3) is 3.18. The topological polar surface area (TPSA) is 83.5 Å². The predicted octanol–water partition coefficient (Wildman–Crippen LogP) is 1.32. The zero-order valence-electron chi connectivity index (χ0n) is 10.6. The third-order valence-corrected chi connectivity index (χ3v) is 3.23. The van der Waals surface area contributed by atoms with Crippen molar-refractivity contribution >= 4 is 11.7 Å². The van der Waals surface area contributed by atoms with Gasteiger partial charge in [-0.15, -0.1) is 0 Å². The van der Waals surface area contributed by atoms with Gasteiger partial charge in [0.1, 0.15) is 0 Å². The number of carbonyl (C=O) groups excluding carboxylic acids is 1. The van der Waals surface area contributed by atoms with Crippen molar-refractivity contribution in [2.24, 2.45) is 0 Å². The largest absolute Gasteiger partial charge is 0.385 e. The summed E-state index contributed by atoms with van der Waals surface area (Å²) in [4.78, 5) is 15.0. The van der Waals surface area contributed by atoms with Crippen LogP contribution >= 0.6 is 0 Å². The lowest BCUT2D eigenvalue weighted by Crippen LogP contribution is -2.25. The highest BCUT2D eigenvalue weighted by Crippen LogP contribution is 2.41. The van der Waals surface area contributed by atoms with Crippen LogP contribution in [-0.4, -0.2) is 35.4 Å². The van der Waals surface area contributed by atoms with E-state index in [9.17, 15) is 9.18 Å². The van der Waals surface area contributed by atoms with Crippen LogP contribution in [0.4, 0.5) is 10.2 Å². The predicted molar refractivity (Wildman–Crippen MR) is 65.5 cm³/mol. The van der Waals surface area contributed by atoms with Gasteiger partial charge in [0.2, 0.25) is 0 Å². The molecule has 1 amide bonds. The van der Waals surface area contributed by atoms with Gasteiger partial charge in [0.15, 0.2) is 11.6 Å². The summed E-state index contributed by atoms with van der Waals surface area (Å²) < 4.78 is 18.8. The van der Waals surface area contributed by atoms with Crippen molar-refractivity contribution < 1.29 is 19.1 Å². The van der Waals surface area contributed by atoms with Gasteiger partial charge < -0.3 is 10.1 Å². The molecule has 0 radical (unpaired) electrons. The average Bonchev–Trinajstić information content (AvgIpc) is 3.18. The molecule has 0 aliphatic heterocycles. The summed E-state index contributed by atoms with van der Waals surface area (Å²) in [5.74, 6) is -1.30. The molecule has 0 unspecified atom stereocenters. The SMILES string of the molecule is COCCC1(Nc2ncc(C(=O)NO)cc2F)CC1. The number of hydroxylamine groups is 1. The highest BCUT2D eigenvalue weighted by Gasteiger charge is 2.42. The van der Waals surface area contributed by atoms with E-state index in [1.54, 1.807) is 7.11 Å². The molecule has 1 aromatic rings. The van der Waals surface area contributed by atoms with Crippen LogP contribution in [0.3, 0.4) is 0 Å². The van der Waals surface area contributed by atoms with Crippen LogP contribution < -0.4 is 10.8 Å². The van der Waals surface area contributed by atoms with E-state index in [0.29, 0.717) is 6.61 Å². The van der Waals surface area contributed by atoms with Crippen molar-refractivity contribution in [1.29, 1.82) is 0 Å². The minimum Gasteiger partial charge on any atom is -0.385 e. The van der Waals surface area contributed by atoms with Crippen molar-refractivity contribution in [2.75, 3.05) is 19.0 Å². The molecular formula is C12H16FN3O3. The van der Waals surface area contributed by atoms with E-state index in [2.05, 4.69) is 10.3 Å². The maximum Gasteiger partial charge on any atom is 0.276 e. The number of anilines is 1. The highest BCUT2D eigenvalue weighted by molar-refractivity contribution is 5.93. The zero-order chi connectivity index (χ0) is 13.9. The monoisotopic (exact) mass is 269 g/mol. The number of aromatic nitrogens is 1. The van der Waals surface area contributed by atoms with Crippen LogP contribution in [0.2, 0.25) is 0 Å². The van der Waals surface area contributed by atoms with E-state index >= 15 is 0 Å². The Hall–Kier alpha value is -1.73. The Morgan fingerprint density at radius 3 is 2.89 bits per heavy atom. The number of methoxy groups -OCH3 is 1. The fourth-order valence-electron chi connectivity index (χ4n) is 1.86. The van der Waals surface area contributed by atoms with E-state index < -0.39 is 11.7 Å². The van der Waals surface area contributed by atoms with Gasteiger partial charge in [-0.05, 0) is 25.3 Å². The molecule has 0 bridgehead atoms. The van der Waals surface area contributed by atoms with Crippen molar-refractivity contribution in [2.45, 2.75) is 24.8 Å². The lowest BCUT2D eigenvalue weighted by molar-refractivity contribution is 0.0705. The number of hydrogen-bond donors (Lipinski definition) is 3. The Morgan fingerprint density at radius 1 is 1.63 bits per heavy atom. The zero-order valence-corrected chi connectivity index (χ0v) is 10.6. The molecule has 1 aliphatic carbocycles. The first-order chi connectivity index (χ1) is 9.10. The fraction of sp³-hybridized carbons (Fsp3) is 0.500. The average molecular weight is 269 g/mol. The third-order valence-electron chi connectivity index (χ3n) is 3.23. The number of halogens is 1. The first-order valence-electron chi connectivity index (χ1n) is 5.97. The van der Waals surface area contributed by atoms with Crippen molar-refractivity contribution in [3.63, 3.8) is 0 Å². The number of nitrogens with one attached hydrogen (secondary N) is 2. The molecule has 0 spiro atoms. The minimum atomic E-state index is -0.793. The number of nitrogens with zero attached hydrogens (tertiary/aromatic N) is 1. The Balaban J connectivity index is 2.07. The number of carbonyl (C=O) groups is 1. The lowest BCUT2D eigenvalue weighted by Gasteiger charge is -2.18. The summed E-state index contributed by atoms with van der Waals surface area (Å²) in [6, 6.07) is 1.04. The van der Waals surface area contributed by atoms with E-state index in [0.717, 1.165) is 25.3 Å². The van der Waals surface area contributed by atoms with Gasteiger partial charge in [-0.2, -0.15) is 0 Å². The summed E-state index contributed by atoms with van der Waals surface area (Å²) in [5, 5.41) is 11.5. The van der Waals surface area contributed by atoms with Crippen LogP contribution in [0.1, 0.15) is 29.6 Å². The Kier molecular flexibility index (Phi) is 3.96. The van der Waals surface area contributed by atoms with Crippen LogP contribution in [0, 0.1) is 5.82 Å². The lowest BCUT2D eigenvalue weighted by atomic mass is 10.2. The summed E-state index contributed by atoms with van der Waals surface area (Å²) in [6.45, 7) is 0.597. The molecule has 0 saturated heterocycles. The molecule has 7 heteroatoms. The van der Waals surface area contributed by atoms with E-state index in [1.807, 2.05) is 0 Å². The quantitative estimate of drug-likeness (QED) is 0.536. The standard InChI is InChI=1S/C12H16FN3O3/c1-19-5-4-12(2-3-12)15-10-9(13)6-8(7-14-10)11(17)16-18/h6-7,18H,2-5H2,1H3,(H,14,15)(H,16,17). The van der Waals surface area contributed by atoms with Crippen molar-refractivity contribution in [3.05, 3.63) is 23.6 Å². The number of ether oxygens (including phenoxy) is 1. The fourth-order valence-corrected chi connectivity index (χ4v) is 1.86. The summed E-state index contributed by atoms with van der Waals surface area (Å²) in [7, 11) is 1.62. The smallest absolute Gasteiger partial charge is 0.276 e. The van der Waals surface area contributed by atoms with Gasteiger partial charge in [0.25, 0.3) is 5.91 Å². The highest BCUT2D eigenvalue weighted by atomic mass is 19.1. The molecule has 2 rings (SSSR count). The molecule has 104 valence electrons. The molecule has 1 aromatic heterocycles. The molecule has 3 N–H and O–H groups in total. The molecule has 6 nitrogen and oxygen atoms in total. The molecular weight excluding hydrogens is 253 g/mol. The minimum absolute atomic E-state index is 0.0349. The molecule has 19 heavy (non-hydrogen) atoms. The van der Waals surface area contributed by atoms with Gasteiger partial charge >= 0.3 is 0 Å². The number of hydrogen-bond acceptors (Lipinski definition) is 5.